The molecule has 5 heteroatoms. The SMILES string of the molecule is Cc1ccc(-c2cc(NC[C@H]3CCCCCC3(C)F)nn2-c2ccc(C#N)cc2)cc1. The highest BCUT2D eigenvalue weighted by Gasteiger charge is 2.35. The molecule has 1 aliphatic carbocycles. The number of nitrogens with one attached hydrogen (secondary N) is 1. The van der Waals surface area contributed by atoms with Crippen molar-refractivity contribution >= 4 is 5.82 Å². The van der Waals surface area contributed by atoms with E-state index in [1.807, 2.05) is 22.9 Å². The Kier molecular flexibility index (Phi) is 6.08. The minimum absolute atomic E-state index is 0.0158. The summed E-state index contributed by atoms with van der Waals surface area (Å²) in [6.45, 7) is 4.39. The Bertz CT molecular complexity index is 1060. The molecule has 31 heavy (non-hydrogen) atoms. The Balaban J connectivity index is 1.64. The second-order valence-corrected chi connectivity index (χ2v) is 8.81. The van der Waals surface area contributed by atoms with E-state index >= 15 is 4.39 Å². The van der Waals surface area contributed by atoms with E-state index in [0.717, 1.165) is 48.4 Å². The predicted molar refractivity (Wildman–Crippen MR) is 123 cm³/mol. The van der Waals surface area contributed by atoms with Gasteiger partial charge in [-0.1, -0.05) is 49.1 Å². The number of aryl methyl sites for hydroxylation is 1. The zero-order valence-corrected chi connectivity index (χ0v) is 18.2. The quantitative estimate of drug-likeness (QED) is 0.487. The molecule has 160 valence electrons. The molecule has 1 unspecified atom stereocenters. The predicted octanol–water partition coefficient (Wildman–Crippen LogP) is 6.44. The number of hydrogen-bond acceptors (Lipinski definition) is 3. The lowest BCUT2D eigenvalue weighted by Gasteiger charge is -2.28. The van der Waals surface area contributed by atoms with Crippen LogP contribution in [0.15, 0.2) is 54.6 Å². The number of hydrogen-bond donors (Lipinski definition) is 1. The van der Waals surface area contributed by atoms with Gasteiger partial charge in [0.05, 0.1) is 23.0 Å². The fourth-order valence-electron chi connectivity index (χ4n) is 4.36. The van der Waals surface area contributed by atoms with Gasteiger partial charge in [-0.15, -0.1) is 5.10 Å². The monoisotopic (exact) mass is 416 g/mol. The minimum Gasteiger partial charge on any atom is -0.368 e. The van der Waals surface area contributed by atoms with Crippen LogP contribution >= 0.6 is 0 Å². The molecule has 3 aromatic rings. The van der Waals surface area contributed by atoms with Gasteiger partial charge in [0.2, 0.25) is 0 Å². The lowest BCUT2D eigenvalue weighted by atomic mass is 9.86. The fraction of sp³-hybridized carbons (Fsp3) is 0.385. The summed E-state index contributed by atoms with van der Waals surface area (Å²) in [6.07, 6.45) is 4.70. The van der Waals surface area contributed by atoms with E-state index in [1.165, 1.54) is 5.56 Å². The second kappa shape index (κ2) is 8.93. The topological polar surface area (TPSA) is 53.6 Å². The number of nitrogens with zero attached hydrogens (tertiary/aromatic N) is 3. The van der Waals surface area contributed by atoms with Gasteiger partial charge >= 0.3 is 0 Å². The van der Waals surface area contributed by atoms with Crippen LogP contribution in [0.2, 0.25) is 0 Å². The number of halogens is 1. The number of anilines is 1. The van der Waals surface area contributed by atoms with Gasteiger partial charge < -0.3 is 5.32 Å². The highest BCUT2D eigenvalue weighted by atomic mass is 19.1. The number of nitriles is 1. The third-order valence-electron chi connectivity index (χ3n) is 6.40. The maximum Gasteiger partial charge on any atom is 0.149 e. The van der Waals surface area contributed by atoms with Gasteiger partial charge in [-0.25, -0.2) is 9.07 Å². The summed E-state index contributed by atoms with van der Waals surface area (Å²) < 4.78 is 17.0. The maximum atomic E-state index is 15.1. The van der Waals surface area contributed by atoms with Gasteiger partial charge in [0.1, 0.15) is 11.5 Å². The first-order valence-electron chi connectivity index (χ1n) is 11.1. The molecular weight excluding hydrogens is 387 g/mol. The molecule has 1 aliphatic rings. The largest absolute Gasteiger partial charge is 0.368 e. The van der Waals surface area contributed by atoms with Crippen molar-refractivity contribution in [1.29, 1.82) is 5.26 Å². The Morgan fingerprint density at radius 3 is 2.58 bits per heavy atom. The molecule has 0 spiro atoms. The van der Waals surface area contributed by atoms with E-state index in [1.54, 1.807) is 19.1 Å². The van der Waals surface area contributed by atoms with Gasteiger partial charge in [-0.05, 0) is 51.0 Å². The van der Waals surface area contributed by atoms with Crippen LogP contribution in [0.1, 0.15) is 50.2 Å². The highest BCUT2D eigenvalue weighted by Crippen LogP contribution is 2.36. The fourth-order valence-corrected chi connectivity index (χ4v) is 4.36. The van der Waals surface area contributed by atoms with Gasteiger partial charge in [0.25, 0.3) is 0 Å². The molecule has 1 aromatic heterocycles. The smallest absolute Gasteiger partial charge is 0.149 e. The molecule has 2 aromatic carbocycles. The lowest BCUT2D eigenvalue weighted by molar-refractivity contribution is 0.100. The molecule has 0 radical (unpaired) electrons. The van der Waals surface area contributed by atoms with Crippen molar-refractivity contribution in [2.45, 2.75) is 51.6 Å². The minimum atomic E-state index is -1.14. The third kappa shape index (κ3) is 4.80. The van der Waals surface area contributed by atoms with Crippen molar-refractivity contribution in [3.05, 3.63) is 65.7 Å². The van der Waals surface area contributed by atoms with E-state index < -0.39 is 5.67 Å². The van der Waals surface area contributed by atoms with Crippen LogP contribution in [0.3, 0.4) is 0 Å². The molecule has 4 rings (SSSR count). The molecule has 0 bridgehead atoms. The molecule has 0 amide bonds. The molecule has 2 atom stereocenters. The highest BCUT2D eigenvalue weighted by molar-refractivity contribution is 5.66. The average molecular weight is 417 g/mol. The van der Waals surface area contributed by atoms with Crippen molar-refractivity contribution < 1.29 is 4.39 Å². The molecule has 1 fully saturated rings. The molecule has 0 saturated heterocycles. The summed E-state index contributed by atoms with van der Waals surface area (Å²) in [4.78, 5) is 0. The normalized spacial score (nSPS) is 21.3. The van der Waals surface area contributed by atoms with Gasteiger partial charge in [0.15, 0.2) is 0 Å². The second-order valence-electron chi connectivity index (χ2n) is 8.81. The maximum absolute atomic E-state index is 15.1. The van der Waals surface area contributed by atoms with Crippen molar-refractivity contribution in [1.82, 2.24) is 9.78 Å². The summed E-state index contributed by atoms with van der Waals surface area (Å²) in [7, 11) is 0. The number of aromatic nitrogens is 2. The first-order valence-corrected chi connectivity index (χ1v) is 11.1. The van der Waals surface area contributed by atoms with E-state index in [9.17, 15) is 0 Å². The average Bonchev–Trinajstić information content (AvgIpc) is 3.12. The number of alkyl halides is 1. The van der Waals surface area contributed by atoms with Crippen LogP contribution in [0, 0.1) is 24.2 Å². The first kappa shape index (κ1) is 21.1. The Morgan fingerprint density at radius 2 is 1.87 bits per heavy atom. The van der Waals surface area contributed by atoms with Crippen molar-refractivity contribution in [2.24, 2.45) is 5.92 Å². The summed E-state index contributed by atoms with van der Waals surface area (Å²) in [5.74, 6) is 0.720. The zero-order valence-electron chi connectivity index (χ0n) is 18.2. The van der Waals surface area contributed by atoms with Crippen LogP contribution < -0.4 is 5.32 Å². The van der Waals surface area contributed by atoms with Crippen LogP contribution in [0.25, 0.3) is 16.9 Å². The molecule has 1 saturated carbocycles. The van der Waals surface area contributed by atoms with Crippen LogP contribution in [0.5, 0.6) is 0 Å². The van der Waals surface area contributed by atoms with Crippen molar-refractivity contribution in [2.75, 3.05) is 11.9 Å². The Morgan fingerprint density at radius 1 is 1.13 bits per heavy atom. The van der Waals surface area contributed by atoms with Crippen LogP contribution in [-0.4, -0.2) is 22.0 Å². The number of benzene rings is 2. The van der Waals surface area contributed by atoms with E-state index in [2.05, 4.69) is 42.6 Å². The van der Waals surface area contributed by atoms with Gasteiger partial charge in [0, 0.05) is 24.1 Å². The van der Waals surface area contributed by atoms with Crippen LogP contribution in [-0.2, 0) is 0 Å². The van der Waals surface area contributed by atoms with Crippen molar-refractivity contribution in [3.8, 4) is 23.0 Å². The van der Waals surface area contributed by atoms with E-state index in [-0.39, 0.29) is 5.92 Å². The molecule has 1 N–H and O–H groups in total. The first-order chi connectivity index (χ1) is 15.0. The molecule has 0 aliphatic heterocycles. The lowest BCUT2D eigenvalue weighted by Crippen LogP contribution is -2.33. The summed E-state index contributed by atoms with van der Waals surface area (Å²) >= 11 is 0. The Hall–Kier alpha value is -3.13. The van der Waals surface area contributed by atoms with Crippen molar-refractivity contribution in [3.63, 3.8) is 0 Å². The molecular formula is C26H29FN4. The zero-order chi connectivity index (χ0) is 21.8. The third-order valence-corrected chi connectivity index (χ3v) is 6.40. The summed E-state index contributed by atoms with van der Waals surface area (Å²) in [5, 5.41) is 17.3. The van der Waals surface area contributed by atoms with Gasteiger partial charge in [-0.3, -0.25) is 0 Å². The molecule has 1 heterocycles. The van der Waals surface area contributed by atoms with Crippen LogP contribution in [0.4, 0.5) is 10.2 Å². The van der Waals surface area contributed by atoms with Gasteiger partial charge in [-0.2, -0.15) is 5.26 Å². The standard InChI is InChI=1S/C26H29FN4/c1-19-7-11-21(12-8-19)24-16-25(29-18-22-6-4-3-5-15-26(22,2)27)30-31(24)23-13-9-20(17-28)10-14-23/h7-14,16,22H,3-6,15,18H2,1-2H3,(H,29,30)/t22-,26?/m1/s1. The Labute approximate surface area is 183 Å². The number of rotatable bonds is 5. The van der Waals surface area contributed by atoms with E-state index in [0.29, 0.717) is 18.5 Å². The molecule has 4 nitrogen and oxygen atoms in total. The van der Waals surface area contributed by atoms with E-state index in [4.69, 9.17) is 10.4 Å². The summed E-state index contributed by atoms with van der Waals surface area (Å²) in [5.41, 5.74) is 3.56. The summed E-state index contributed by atoms with van der Waals surface area (Å²) in [6, 6.07) is 19.9.